The average molecular weight is 346 g/mol. The Morgan fingerprint density at radius 3 is 2.68 bits per heavy atom. The molecule has 3 rings (SSSR count). The smallest absolute Gasteiger partial charge is 0.348 e. The van der Waals surface area contributed by atoms with Gasteiger partial charge < -0.3 is 18.9 Å². The van der Waals surface area contributed by atoms with Gasteiger partial charge in [-0.2, -0.15) is 0 Å². The van der Waals surface area contributed by atoms with E-state index in [1.54, 1.807) is 6.07 Å². The van der Waals surface area contributed by atoms with E-state index in [1.165, 1.54) is 19.9 Å². The lowest BCUT2D eigenvalue weighted by atomic mass is 10.1. The van der Waals surface area contributed by atoms with E-state index in [0.29, 0.717) is 18.8 Å². The molecule has 2 aliphatic heterocycles. The van der Waals surface area contributed by atoms with E-state index < -0.39 is 17.7 Å². The van der Waals surface area contributed by atoms with Gasteiger partial charge in [0.1, 0.15) is 5.57 Å². The topological polar surface area (TPSA) is 71.1 Å². The molecule has 0 spiro atoms. The number of carbonyl (C=O) groups excluding carboxylic acids is 2. The van der Waals surface area contributed by atoms with Gasteiger partial charge in [0.05, 0.1) is 19.3 Å². The van der Waals surface area contributed by atoms with Crippen LogP contribution in [-0.4, -0.2) is 37.0 Å². The highest BCUT2D eigenvalue weighted by molar-refractivity contribution is 6.18. The third-order valence-electron chi connectivity index (χ3n) is 3.98. The lowest BCUT2D eigenvalue weighted by Crippen LogP contribution is -2.41. The first kappa shape index (κ1) is 17.6. The first-order chi connectivity index (χ1) is 11.9. The van der Waals surface area contributed by atoms with Crippen LogP contribution >= 0.6 is 0 Å². The van der Waals surface area contributed by atoms with Gasteiger partial charge in [0, 0.05) is 20.5 Å². The predicted octanol–water partition coefficient (Wildman–Crippen LogP) is 2.60. The second kappa shape index (κ2) is 7.37. The molecule has 2 aliphatic rings. The van der Waals surface area contributed by atoms with Crippen LogP contribution in [0, 0.1) is 0 Å². The molecule has 0 bridgehead atoms. The minimum Gasteiger partial charge on any atom is -0.419 e. The molecule has 1 atom stereocenters. The third kappa shape index (κ3) is 4.67. The molecular formula is C19H22O6. The van der Waals surface area contributed by atoms with E-state index in [0.717, 1.165) is 25.0 Å². The Bertz CT molecular complexity index is 663. The molecule has 2 heterocycles. The molecule has 0 saturated carbocycles. The summed E-state index contributed by atoms with van der Waals surface area (Å²) in [7, 11) is 0. The van der Waals surface area contributed by atoms with Gasteiger partial charge in [-0.05, 0) is 36.1 Å². The molecule has 0 aliphatic carbocycles. The molecule has 6 nitrogen and oxygen atoms in total. The van der Waals surface area contributed by atoms with Crippen molar-refractivity contribution in [3.8, 4) is 0 Å². The quantitative estimate of drug-likeness (QED) is 0.464. The van der Waals surface area contributed by atoms with Gasteiger partial charge in [-0.25, -0.2) is 9.59 Å². The number of hydrogen-bond acceptors (Lipinski definition) is 6. The zero-order valence-electron chi connectivity index (χ0n) is 14.4. The van der Waals surface area contributed by atoms with Gasteiger partial charge in [0.15, 0.2) is 0 Å². The summed E-state index contributed by atoms with van der Waals surface area (Å²) in [5.41, 5.74) is 1.55. The van der Waals surface area contributed by atoms with Crippen LogP contribution in [0.2, 0.25) is 0 Å². The Morgan fingerprint density at radius 1 is 1.24 bits per heavy atom. The van der Waals surface area contributed by atoms with E-state index in [9.17, 15) is 9.59 Å². The maximum atomic E-state index is 12.0. The summed E-state index contributed by atoms with van der Waals surface area (Å²) in [6.45, 7) is 4.86. The zero-order chi connectivity index (χ0) is 17.9. The number of cyclic esters (lactones) is 2. The monoisotopic (exact) mass is 346 g/mol. The van der Waals surface area contributed by atoms with Crippen molar-refractivity contribution in [3.05, 3.63) is 41.0 Å². The fourth-order valence-corrected chi connectivity index (χ4v) is 2.80. The summed E-state index contributed by atoms with van der Waals surface area (Å²) in [4.78, 5) is 24.0. The minimum atomic E-state index is -1.23. The Kier molecular flexibility index (Phi) is 5.20. The van der Waals surface area contributed by atoms with E-state index >= 15 is 0 Å². The van der Waals surface area contributed by atoms with Crippen LogP contribution in [0.25, 0.3) is 6.08 Å². The lowest BCUT2D eigenvalue weighted by molar-refractivity contribution is -0.222. The summed E-state index contributed by atoms with van der Waals surface area (Å²) in [5.74, 6) is -2.59. The highest BCUT2D eigenvalue weighted by Crippen LogP contribution is 2.24. The van der Waals surface area contributed by atoms with Crippen LogP contribution < -0.4 is 0 Å². The number of hydrogen-bond donors (Lipinski definition) is 0. The van der Waals surface area contributed by atoms with Crippen molar-refractivity contribution in [2.24, 2.45) is 0 Å². The Labute approximate surface area is 146 Å². The lowest BCUT2D eigenvalue weighted by Gasteiger charge is -2.29. The number of esters is 2. The second-order valence-electron chi connectivity index (χ2n) is 6.63. The molecule has 25 heavy (non-hydrogen) atoms. The second-order valence-corrected chi connectivity index (χ2v) is 6.63. The van der Waals surface area contributed by atoms with Gasteiger partial charge in [-0.3, -0.25) is 0 Å². The molecule has 1 unspecified atom stereocenters. The Balaban J connectivity index is 1.64. The molecular weight excluding hydrogens is 324 g/mol. The molecule has 0 aromatic heterocycles. The molecule has 2 saturated heterocycles. The van der Waals surface area contributed by atoms with Crippen LogP contribution in [0.4, 0.5) is 0 Å². The predicted molar refractivity (Wildman–Crippen MR) is 89.3 cm³/mol. The van der Waals surface area contributed by atoms with E-state index in [-0.39, 0.29) is 11.7 Å². The normalized spacial score (nSPS) is 22.5. The third-order valence-corrected chi connectivity index (χ3v) is 3.98. The molecule has 2 fully saturated rings. The standard InChI is InChI=1S/C19H22O6/c1-19(2)24-17(20)16(18(21)25-19)10-13-5-3-6-14(9-13)11-22-12-15-7-4-8-23-15/h3,5-6,9-10,15H,4,7-8,11-12H2,1-2H3. The SMILES string of the molecule is CC1(C)OC(=O)C(=Cc2cccc(COCC3CCCO3)c2)C(=O)O1. The highest BCUT2D eigenvalue weighted by Gasteiger charge is 2.38. The number of rotatable bonds is 5. The van der Waals surface area contributed by atoms with Crippen LogP contribution in [-0.2, 0) is 35.1 Å². The van der Waals surface area contributed by atoms with Gasteiger partial charge in [0.25, 0.3) is 5.79 Å². The van der Waals surface area contributed by atoms with Crippen LogP contribution in [0.15, 0.2) is 29.8 Å². The van der Waals surface area contributed by atoms with Gasteiger partial charge >= 0.3 is 11.9 Å². The maximum Gasteiger partial charge on any atom is 0.348 e. The molecule has 0 amide bonds. The highest BCUT2D eigenvalue weighted by atomic mass is 16.7. The summed E-state index contributed by atoms with van der Waals surface area (Å²) >= 11 is 0. The van der Waals surface area contributed by atoms with Crippen LogP contribution in [0.3, 0.4) is 0 Å². The van der Waals surface area contributed by atoms with Crippen molar-refractivity contribution in [3.63, 3.8) is 0 Å². The minimum absolute atomic E-state index is 0.114. The fourth-order valence-electron chi connectivity index (χ4n) is 2.80. The van der Waals surface area contributed by atoms with Gasteiger partial charge in [0.2, 0.25) is 0 Å². The van der Waals surface area contributed by atoms with Crippen LogP contribution in [0.5, 0.6) is 0 Å². The number of benzene rings is 1. The summed E-state index contributed by atoms with van der Waals surface area (Å²) in [6.07, 6.45) is 3.77. The number of ether oxygens (including phenoxy) is 4. The summed E-state index contributed by atoms with van der Waals surface area (Å²) < 4.78 is 21.4. The van der Waals surface area contributed by atoms with E-state index in [1.807, 2.05) is 18.2 Å². The van der Waals surface area contributed by atoms with Crippen molar-refractivity contribution in [1.29, 1.82) is 0 Å². The molecule has 134 valence electrons. The molecule has 0 radical (unpaired) electrons. The summed E-state index contributed by atoms with van der Waals surface area (Å²) in [6, 6.07) is 7.44. The largest absolute Gasteiger partial charge is 0.419 e. The molecule has 1 aromatic rings. The van der Waals surface area contributed by atoms with E-state index in [2.05, 4.69) is 0 Å². The molecule has 0 N–H and O–H groups in total. The average Bonchev–Trinajstić information content (AvgIpc) is 3.04. The Morgan fingerprint density at radius 2 is 2.00 bits per heavy atom. The van der Waals surface area contributed by atoms with Gasteiger partial charge in [-0.1, -0.05) is 18.2 Å². The summed E-state index contributed by atoms with van der Waals surface area (Å²) in [5, 5.41) is 0. The van der Waals surface area contributed by atoms with E-state index in [4.69, 9.17) is 18.9 Å². The van der Waals surface area contributed by atoms with Crippen LogP contribution in [0.1, 0.15) is 37.8 Å². The first-order valence-corrected chi connectivity index (χ1v) is 8.40. The van der Waals surface area contributed by atoms with Crippen molar-refractivity contribution >= 4 is 18.0 Å². The van der Waals surface area contributed by atoms with Crippen molar-refractivity contribution in [2.75, 3.05) is 13.2 Å². The molecule has 6 heteroatoms. The fraction of sp³-hybridized carbons (Fsp3) is 0.474. The first-order valence-electron chi connectivity index (χ1n) is 8.40. The zero-order valence-corrected chi connectivity index (χ0v) is 14.4. The van der Waals surface area contributed by atoms with Gasteiger partial charge in [-0.15, -0.1) is 0 Å². The molecule has 1 aromatic carbocycles. The maximum absolute atomic E-state index is 12.0. The van der Waals surface area contributed by atoms with Crippen molar-refractivity contribution < 1.29 is 28.5 Å². The Hall–Kier alpha value is -2.18. The number of carbonyl (C=O) groups is 2. The van der Waals surface area contributed by atoms with Crippen molar-refractivity contribution in [1.82, 2.24) is 0 Å². The van der Waals surface area contributed by atoms with Crippen molar-refractivity contribution in [2.45, 2.75) is 45.2 Å².